The van der Waals surface area contributed by atoms with Crippen LogP contribution in [0.1, 0.15) is 64.6 Å². The van der Waals surface area contributed by atoms with Crippen molar-refractivity contribution in [3.05, 3.63) is 32.3 Å². The molecule has 0 saturated carbocycles. The highest BCUT2D eigenvalue weighted by Gasteiger charge is 2.27. The molecule has 9 nitrogen and oxygen atoms in total. The summed E-state index contributed by atoms with van der Waals surface area (Å²) in [5, 5.41) is 14.5. The molecule has 3 aromatic heterocycles. The van der Waals surface area contributed by atoms with Gasteiger partial charge in [0, 0.05) is 22.4 Å². The molecule has 0 bridgehead atoms. The highest BCUT2D eigenvalue weighted by Crippen LogP contribution is 2.35. The van der Waals surface area contributed by atoms with Crippen molar-refractivity contribution in [2.45, 2.75) is 59.2 Å². The van der Waals surface area contributed by atoms with Crippen LogP contribution in [0.5, 0.6) is 0 Å². The fourth-order valence-electron chi connectivity index (χ4n) is 3.45. The quantitative estimate of drug-likeness (QED) is 0.235. The van der Waals surface area contributed by atoms with Gasteiger partial charge in [0.25, 0.3) is 0 Å². The maximum atomic E-state index is 12.9. The van der Waals surface area contributed by atoms with Gasteiger partial charge in [0.05, 0.1) is 24.5 Å². The van der Waals surface area contributed by atoms with Crippen molar-refractivity contribution in [2.24, 2.45) is 0 Å². The van der Waals surface area contributed by atoms with Crippen molar-refractivity contribution < 1.29 is 23.9 Å². The molecule has 0 fully saturated rings. The van der Waals surface area contributed by atoms with Crippen molar-refractivity contribution in [3.8, 4) is 11.4 Å². The molecular formula is C24H30N4O5S3. The molecule has 36 heavy (non-hydrogen) atoms. The number of aryl methyl sites for hydroxylation is 1. The average molecular weight is 551 g/mol. The van der Waals surface area contributed by atoms with Gasteiger partial charge in [-0.2, -0.15) is 0 Å². The molecule has 3 aromatic rings. The van der Waals surface area contributed by atoms with Crippen LogP contribution >= 0.6 is 34.4 Å². The maximum Gasteiger partial charge on any atom is 0.348 e. The highest BCUT2D eigenvalue weighted by atomic mass is 32.2. The normalized spacial score (nSPS) is 10.9. The van der Waals surface area contributed by atoms with E-state index in [1.807, 2.05) is 4.57 Å². The highest BCUT2D eigenvalue weighted by molar-refractivity contribution is 7.99. The Kier molecular flexibility index (Phi) is 10.1. The zero-order valence-electron chi connectivity index (χ0n) is 21.0. The SMILES string of the molecule is CCCn1c(SCC(=O)Nc2sc(C(=O)OCC)c(C)c2C(=O)OCC)nnc1-c1csc(CC)c1. The molecule has 0 aliphatic carbocycles. The third-order valence-corrected chi connectivity index (χ3v) is 8.33. The summed E-state index contributed by atoms with van der Waals surface area (Å²) in [6.07, 6.45) is 1.85. The van der Waals surface area contributed by atoms with Gasteiger partial charge in [0.1, 0.15) is 9.88 Å². The molecule has 0 aromatic carbocycles. The zero-order chi connectivity index (χ0) is 26.2. The second-order valence-electron chi connectivity index (χ2n) is 7.65. The average Bonchev–Trinajstić information content (AvgIpc) is 3.55. The Labute approximate surface area is 222 Å². The third kappa shape index (κ3) is 6.34. The predicted molar refractivity (Wildman–Crippen MR) is 143 cm³/mol. The number of ether oxygens (including phenoxy) is 2. The third-order valence-electron chi connectivity index (χ3n) is 5.10. The number of esters is 2. The summed E-state index contributed by atoms with van der Waals surface area (Å²) in [5.74, 6) is -0.633. The molecule has 0 saturated heterocycles. The van der Waals surface area contributed by atoms with Crippen LogP contribution in [0.4, 0.5) is 5.00 Å². The first-order valence-corrected chi connectivity index (χ1v) is 14.4. The zero-order valence-corrected chi connectivity index (χ0v) is 23.5. The van der Waals surface area contributed by atoms with Gasteiger partial charge in [-0.05, 0) is 45.2 Å². The standard InChI is InChI=1S/C24H30N4O5S3/c1-6-10-28-20(15-11-16(7-2)34-12-15)26-27-24(28)35-13-17(29)25-21-18(22(30)32-8-3)14(5)19(36-21)23(31)33-9-4/h11-12H,6-10,13H2,1-5H3,(H,25,29). The molecule has 3 heterocycles. The van der Waals surface area contributed by atoms with Crippen molar-refractivity contribution in [1.29, 1.82) is 0 Å². The maximum absolute atomic E-state index is 12.9. The van der Waals surface area contributed by atoms with E-state index < -0.39 is 11.9 Å². The van der Waals surface area contributed by atoms with Crippen LogP contribution in [-0.2, 0) is 27.2 Å². The molecule has 0 aliphatic heterocycles. The van der Waals surface area contributed by atoms with Crippen molar-refractivity contribution in [3.63, 3.8) is 0 Å². The van der Waals surface area contributed by atoms with Crippen LogP contribution in [0, 0.1) is 6.92 Å². The number of anilines is 1. The summed E-state index contributed by atoms with van der Waals surface area (Å²) >= 11 is 3.97. The van der Waals surface area contributed by atoms with Crippen LogP contribution in [0.15, 0.2) is 16.6 Å². The van der Waals surface area contributed by atoms with Gasteiger partial charge >= 0.3 is 11.9 Å². The Hall–Kier alpha value is -2.70. The van der Waals surface area contributed by atoms with E-state index in [0.717, 1.165) is 42.1 Å². The molecule has 12 heteroatoms. The Morgan fingerprint density at radius 2 is 1.81 bits per heavy atom. The van der Waals surface area contributed by atoms with E-state index in [-0.39, 0.29) is 40.3 Å². The lowest BCUT2D eigenvalue weighted by atomic mass is 10.1. The molecule has 1 N–H and O–H groups in total. The van der Waals surface area contributed by atoms with Crippen LogP contribution in [-0.4, -0.2) is 51.6 Å². The Balaban J connectivity index is 1.78. The van der Waals surface area contributed by atoms with Crippen molar-refractivity contribution in [1.82, 2.24) is 14.8 Å². The minimum atomic E-state index is -0.598. The number of carbonyl (C=O) groups is 3. The van der Waals surface area contributed by atoms with E-state index in [0.29, 0.717) is 10.7 Å². The fraction of sp³-hybridized carbons (Fsp3) is 0.458. The lowest BCUT2D eigenvalue weighted by Gasteiger charge is -2.09. The van der Waals surface area contributed by atoms with Gasteiger partial charge in [0.2, 0.25) is 5.91 Å². The number of thiophene rings is 2. The summed E-state index contributed by atoms with van der Waals surface area (Å²) in [5.41, 5.74) is 1.62. The molecular weight excluding hydrogens is 520 g/mol. The molecule has 1 amide bonds. The first-order valence-electron chi connectivity index (χ1n) is 11.8. The summed E-state index contributed by atoms with van der Waals surface area (Å²) in [6, 6.07) is 2.12. The molecule has 194 valence electrons. The van der Waals surface area contributed by atoms with Gasteiger partial charge in [-0.3, -0.25) is 4.79 Å². The second kappa shape index (κ2) is 13.0. The molecule has 0 unspecified atom stereocenters. The second-order valence-corrected chi connectivity index (χ2v) is 10.6. The number of carbonyl (C=O) groups excluding carboxylic acids is 3. The Morgan fingerprint density at radius 3 is 2.44 bits per heavy atom. The minimum Gasteiger partial charge on any atom is -0.462 e. The largest absolute Gasteiger partial charge is 0.462 e. The Bertz CT molecular complexity index is 1230. The number of hydrogen-bond acceptors (Lipinski definition) is 10. The van der Waals surface area contributed by atoms with Gasteiger partial charge in [-0.25, -0.2) is 9.59 Å². The first-order chi connectivity index (χ1) is 17.3. The first kappa shape index (κ1) is 27.9. The molecule has 0 radical (unpaired) electrons. The fourth-order valence-corrected chi connectivity index (χ4v) is 6.14. The summed E-state index contributed by atoms with van der Waals surface area (Å²) < 4.78 is 12.3. The van der Waals surface area contributed by atoms with Gasteiger partial charge in [-0.1, -0.05) is 25.6 Å². The molecule has 3 rings (SSSR count). The predicted octanol–water partition coefficient (Wildman–Crippen LogP) is 5.43. The van der Waals surface area contributed by atoms with E-state index in [4.69, 9.17) is 9.47 Å². The van der Waals surface area contributed by atoms with Gasteiger partial charge in [0.15, 0.2) is 11.0 Å². The number of rotatable bonds is 12. The van der Waals surface area contributed by atoms with Crippen molar-refractivity contribution in [2.75, 3.05) is 24.3 Å². The van der Waals surface area contributed by atoms with Crippen LogP contribution in [0.3, 0.4) is 0 Å². The van der Waals surface area contributed by atoms with Crippen LogP contribution in [0.25, 0.3) is 11.4 Å². The van der Waals surface area contributed by atoms with E-state index in [1.54, 1.807) is 32.1 Å². The summed E-state index contributed by atoms with van der Waals surface area (Å²) in [6.45, 7) is 10.3. The van der Waals surface area contributed by atoms with Gasteiger partial charge < -0.3 is 19.4 Å². The molecule has 0 atom stereocenters. The number of nitrogens with one attached hydrogen (secondary N) is 1. The van der Waals surface area contributed by atoms with Crippen LogP contribution in [0.2, 0.25) is 0 Å². The van der Waals surface area contributed by atoms with Gasteiger partial charge in [-0.15, -0.1) is 32.9 Å². The van der Waals surface area contributed by atoms with Crippen LogP contribution < -0.4 is 5.32 Å². The van der Waals surface area contributed by atoms with E-state index >= 15 is 0 Å². The molecule has 0 aliphatic rings. The topological polar surface area (TPSA) is 112 Å². The van der Waals surface area contributed by atoms with E-state index in [1.165, 1.54) is 16.6 Å². The number of amides is 1. The lowest BCUT2D eigenvalue weighted by molar-refractivity contribution is -0.113. The smallest absolute Gasteiger partial charge is 0.348 e. The van der Waals surface area contributed by atoms with E-state index in [2.05, 4.69) is 40.8 Å². The summed E-state index contributed by atoms with van der Waals surface area (Å²) in [4.78, 5) is 39.3. The Morgan fingerprint density at radius 1 is 1.08 bits per heavy atom. The molecule has 0 spiro atoms. The number of thioether (sulfide) groups is 1. The number of nitrogens with zero attached hydrogens (tertiary/aromatic N) is 3. The minimum absolute atomic E-state index is 0.0552. The van der Waals surface area contributed by atoms with E-state index in [9.17, 15) is 14.4 Å². The number of hydrogen-bond donors (Lipinski definition) is 1. The monoisotopic (exact) mass is 550 g/mol. The summed E-state index contributed by atoms with van der Waals surface area (Å²) in [7, 11) is 0. The number of aromatic nitrogens is 3. The lowest BCUT2D eigenvalue weighted by Crippen LogP contribution is -2.17. The van der Waals surface area contributed by atoms with Crippen molar-refractivity contribution >= 4 is 57.3 Å².